The molecule has 3 aromatic rings. The molecule has 0 unspecified atom stereocenters. The molecule has 27 heavy (non-hydrogen) atoms. The summed E-state index contributed by atoms with van der Waals surface area (Å²) in [7, 11) is 0. The summed E-state index contributed by atoms with van der Waals surface area (Å²) in [6, 6.07) is 14.3. The monoisotopic (exact) mass is 364 g/mol. The molecule has 1 saturated heterocycles. The van der Waals surface area contributed by atoms with Crippen LogP contribution in [0.15, 0.2) is 48.7 Å². The first-order chi connectivity index (χ1) is 13.3. The predicted octanol–water partition coefficient (Wildman–Crippen LogP) is 2.42. The fourth-order valence-electron chi connectivity index (χ4n) is 3.15. The van der Waals surface area contributed by atoms with Crippen LogP contribution >= 0.6 is 0 Å². The first kappa shape index (κ1) is 17.6. The van der Waals surface area contributed by atoms with Crippen molar-refractivity contribution in [3.05, 3.63) is 65.5 Å². The number of morpholine rings is 1. The van der Waals surface area contributed by atoms with Crippen LogP contribution in [0.1, 0.15) is 16.8 Å². The van der Waals surface area contributed by atoms with Gasteiger partial charge in [0.25, 0.3) is 0 Å². The summed E-state index contributed by atoms with van der Waals surface area (Å²) in [6.45, 7) is 7.23. The van der Waals surface area contributed by atoms with Crippen molar-refractivity contribution in [1.29, 1.82) is 0 Å². The minimum absolute atomic E-state index is 0.710. The van der Waals surface area contributed by atoms with Crippen LogP contribution in [-0.4, -0.2) is 51.2 Å². The number of hydrogen-bond donors (Lipinski definition) is 1. The number of aryl methyl sites for hydroxylation is 1. The molecule has 1 aliphatic rings. The lowest BCUT2D eigenvalue weighted by atomic mass is 10.1. The second-order valence-corrected chi connectivity index (χ2v) is 6.69. The summed E-state index contributed by atoms with van der Waals surface area (Å²) < 4.78 is 7.17. The maximum absolute atomic E-state index is 5.44. The van der Waals surface area contributed by atoms with Crippen LogP contribution < -0.4 is 5.32 Å². The smallest absolute Gasteiger partial charge is 0.175 e. The highest BCUT2D eigenvalue weighted by Crippen LogP contribution is 2.15. The van der Waals surface area contributed by atoms with E-state index < -0.39 is 0 Å². The van der Waals surface area contributed by atoms with Crippen molar-refractivity contribution in [2.75, 3.05) is 31.6 Å². The van der Waals surface area contributed by atoms with E-state index in [4.69, 9.17) is 4.74 Å². The molecule has 7 heteroatoms. The van der Waals surface area contributed by atoms with Crippen molar-refractivity contribution in [2.24, 2.45) is 0 Å². The normalized spacial score (nSPS) is 15.0. The molecule has 1 N–H and O–H groups in total. The van der Waals surface area contributed by atoms with Crippen LogP contribution in [0.5, 0.6) is 0 Å². The maximum Gasteiger partial charge on any atom is 0.175 e. The van der Waals surface area contributed by atoms with Crippen molar-refractivity contribution in [2.45, 2.75) is 20.0 Å². The number of nitrogens with one attached hydrogen (secondary N) is 1. The van der Waals surface area contributed by atoms with Gasteiger partial charge in [0.15, 0.2) is 5.82 Å². The molecule has 1 aromatic carbocycles. The quantitative estimate of drug-likeness (QED) is 0.724. The zero-order chi connectivity index (χ0) is 18.5. The number of ether oxygens (including phenoxy) is 1. The van der Waals surface area contributed by atoms with Gasteiger partial charge in [-0.15, -0.1) is 10.2 Å². The summed E-state index contributed by atoms with van der Waals surface area (Å²) in [5.74, 6) is 1.46. The maximum atomic E-state index is 5.44. The number of aromatic nitrogens is 4. The Labute approximate surface area is 159 Å². The van der Waals surface area contributed by atoms with Gasteiger partial charge in [-0.25, -0.2) is 4.68 Å². The molecule has 1 aliphatic heterocycles. The Balaban J connectivity index is 1.39. The third-order valence-corrected chi connectivity index (χ3v) is 4.68. The standard InChI is InChI=1S/C20H24N6O/c1-16-8-9-26(24-16)20-7-6-19(22-23-20)21-14-17-4-2-3-5-18(17)15-25-10-12-27-13-11-25/h2-9H,10-15H2,1H3,(H,21,22). The van der Waals surface area contributed by atoms with E-state index in [1.807, 2.05) is 31.3 Å². The van der Waals surface area contributed by atoms with Gasteiger partial charge in [0.2, 0.25) is 0 Å². The highest BCUT2D eigenvalue weighted by Gasteiger charge is 2.12. The minimum Gasteiger partial charge on any atom is -0.379 e. The molecule has 1 fully saturated rings. The van der Waals surface area contributed by atoms with Gasteiger partial charge >= 0.3 is 0 Å². The third-order valence-electron chi connectivity index (χ3n) is 4.68. The molecule has 0 spiro atoms. The Morgan fingerprint density at radius 2 is 1.81 bits per heavy atom. The van der Waals surface area contributed by atoms with Crippen LogP contribution in [-0.2, 0) is 17.8 Å². The Kier molecular flexibility index (Phi) is 5.41. The molecular weight excluding hydrogens is 340 g/mol. The van der Waals surface area contributed by atoms with Gasteiger partial charge in [0.05, 0.1) is 18.9 Å². The number of hydrogen-bond acceptors (Lipinski definition) is 6. The van der Waals surface area contributed by atoms with Crippen molar-refractivity contribution in [1.82, 2.24) is 24.9 Å². The average molecular weight is 364 g/mol. The first-order valence-corrected chi connectivity index (χ1v) is 9.25. The Morgan fingerprint density at radius 3 is 2.52 bits per heavy atom. The SMILES string of the molecule is Cc1ccn(-c2ccc(NCc3ccccc3CN3CCOCC3)nn2)n1. The van der Waals surface area contributed by atoms with Gasteiger partial charge in [-0.1, -0.05) is 24.3 Å². The van der Waals surface area contributed by atoms with Gasteiger partial charge in [-0.2, -0.15) is 5.10 Å². The Bertz CT molecular complexity index is 870. The van der Waals surface area contributed by atoms with Gasteiger partial charge < -0.3 is 10.1 Å². The fourth-order valence-corrected chi connectivity index (χ4v) is 3.15. The molecule has 0 aliphatic carbocycles. The van der Waals surface area contributed by atoms with Crippen molar-refractivity contribution >= 4 is 5.82 Å². The summed E-state index contributed by atoms with van der Waals surface area (Å²) >= 11 is 0. The van der Waals surface area contributed by atoms with Crippen LogP contribution in [0.3, 0.4) is 0 Å². The number of rotatable bonds is 6. The molecule has 7 nitrogen and oxygen atoms in total. The van der Waals surface area contributed by atoms with E-state index in [-0.39, 0.29) is 0 Å². The van der Waals surface area contributed by atoms with Crippen LogP contribution in [0.4, 0.5) is 5.82 Å². The summed E-state index contributed by atoms with van der Waals surface area (Å²) in [5.41, 5.74) is 3.57. The molecule has 4 rings (SSSR count). The summed E-state index contributed by atoms with van der Waals surface area (Å²) in [5, 5.41) is 16.3. The number of nitrogens with zero attached hydrogens (tertiary/aromatic N) is 5. The Hall–Kier alpha value is -2.77. The molecule has 0 radical (unpaired) electrons. The van der Waals surface area contributed by atoms with Crippen molar-refractivity contribution in [3.63, 3.8) is 0 Å². The van der Waals surface area contributed by atoms with E-state index in [1.54, 1.807) is 4.68 Å². The fraction of sp³-hybridized carbons (Fsp3) is 0.350. The first-order valence-electron chi connectivity index (χ1n) is 9.25. The van der Waals surface area contributed by atoms with Crippen LogP contribution in [0, 0.1) is 6.92 Å². The number of anilines is 1. The highest BCUT2D eigenvalue weighted by atomic mass is 16.5. The molecule has 140 valence electrons. The van der Waals surface area contributed by atoms with Gasteiger partial charge in [0, 0.05) is 32.4 Å². The predicted molar refractivity (Wildman–Crippen MR) is 104 cm³/mol. The molecular formula is C20H24N6O. The highest BCUT2D eigenvalue weighted by molar-refractivity contribution is 5.38. The van der Waals surface area contributed by atoms with Crippen molar-refractivity contribution < 1.29 is 4.74 Å². The average Bonchev–Trinajstić information content (AvgIpc) is 3.15. The van der Waals surface area contributed by atoms with Gasteiger partial charge in [0.1, 0.15) is 5.82 Å². The van der Waals surface area contributed by atoms with Crippen LogP contribution in [0.2, 0.25) is 0 Å². The zero-order valence-corrected chi connectivity index (χ0v) is 15.5. The molecule has 0 amide bonds. The lowest BCUT2D eigenvalue weighted by Crippen LogP contribution is -2.35. The molecule has 2 aromatic heterocycles. The second kappa shape index (κ2) is 8.28. The molecule has 0 saturated carbocycles. The number of benzene rings is 1. The largest absolute Gasteiger partial charge is 0.379 e. The van der Waals surface area contributed by atoms with E-state index in [9.17, 15) is 0 Å². The second-order valence-electron chi connectivity index (χ2n) is 6.69. The lowest BCUT2D eigenvalue weighted by Gasteiger charge is -2.27. The van der Waals surface area contributed by atoms with Gasteiger partial charge in [-0.05, 0) is 36.2 Å². The summed E-state index contributed by atoms with van der Waals surface area (Å²) in [4.78, 5) is 2.43. The molecule has 0 bridgehead atoms. The lowest BCUT2D eigenvalue weighted by molar-refractivity contribution is 0.0341. The van der Waals surface area contributed by atoms with Crippen LogP contribution in [0.25, 0.3) is 5.82 Å². The molecule has 0 atom stereocenters. The van der Waals surface area contributed by atoms with E-state index in [0.717, 1.165) is 50.9 Å². The minimum atomic E-state index is 0.710. The third kappa shape index (κ3) is 4.50. The van der Waals surface area contributed by atoms with E-state index in [0.29, 0.717) is 5.82 Å². The molecule has 3 heterocycles. The topological polar surface area (TPSA) is 68.1 Å². The summed E-state index contributed by atoms with van der Waals surface area (Å²) in [6.07, 6.45) is 1.88. The zero-order valence-electron chi connectivity index (χ0n) is 15.5. The van der Waals surface area contributed by atoms with E-state index in [1.165, 1.54) is 11.1 Å². The van der Waals surface area contributed by atoms with Gasteiger partial charge in [-0.3, -0.25) is 4.90 Å². The van der Waals surface area contributed by atoms with Crippen molar-refractivity contribution in [3.8, 4) is 5.82 Å². The Morgan fingerprint density at radius 1 is 1.00 bits per heavy atom. The van der Waals surface area contributed by atoms with E-state index in [2.05, 4.69) is 49.8 Å². The van der Waals surface area contributed by atoms with E-state index >= 15 is 0 Å².